The summed E-state index contributed by atoms with van der Waals surface area (Å²) in [5, 5.41) is 9.75. The zero-order chi connectivity index (χ0) is 17.5. The molecule has 1 aromatic carbocycles. The number of amides is 1. The second kappa shape index (κ2) is 5.79. The maximum atomic E-state index is 12.9. The standard InChI is InChI=1S/C15H10ClF3N4O/c1-8-21-22-13-6-9(4-5-23(8)13)14(24)20-10-2-3-12(16)11(7-10)15(17,18)19/h2-7H,1H3,(H,20,24). The summed E-state index contributed by atoms with van der Waals surface area (Å²) in [5.41, 5.74) is -0.301. The van der Waals surface area contributed by atoms with Crippen molar-refractivity contribution in [2.45, 2.75) is 13.1 Å². The number of carbonyl (C=O) groups excluding carboxylic acids is 1. The minimum absolute atomic E-state index is 0.00533. The summed E-state index contributed by atoms with van der Waals surface area (Å²) in [6.07, 6.45) is -2.99. The van der Waals surface area contributed by atoms with Gasteiger partial charge in [-0.3, -0.25) is 9.20 Å². The Morgan fingerprint density at radius 2 is 1.96 bits per heavy atom. The second-order valence-corrected chi connectivity index (χ2v) is 5.44. The van der Waals surface area contributed by atoms with Crippen LogP contribution in [0.15, 0.2) is 36.5 Å². The van der Waals surface area contributed by atoms with Crippen LogP contribution in [0.25, 0.3) is 5.65 Å². The van der Waals surface area contributed by atoms with Gasteiger partial charge in [-0.05, 0) is 37.3 Å². The van der Waals surface area contributed by atoms with Crippen LogP contribution >= 0.6 is 11.6 Å². The van der Waals surface area contributed by atoms with Gasteiger partial charge in [0, 0.05) is 17.4 Å². The molecule has 0 unspecified atom stereocenters. The molecule has 24 heavy (non-hydrogen) atoms. The summed E-state index contributed by atoms with van der Waals surface area (Å²) < 4.78 is 40.2. The zero-order valence-corrected chi connectivity index (χ0v) is 13.0. The van der Waals surface area contributed by atoms with Gasteiger partial charge in [-0.25, -0.2) is 0 Å². The Kier molecular flexibility index (Phi) is 3.92. The Balaban J connectivity index is 1.88. The van der Waals surface area contributed by atoms with E-state index in [1.807, 2.05) is 0 Å². The normalized spacial score (nSPS) is 11.7. The summed E-state index contributed by atoms with van der Waals surface area (Å²) in [7, 11) is 0. The smallest absolute Gasteiger partial charge is 0.322 e. The molecule has 3 aromatic rings. The molecule has 3 rings (SSSR count). The fourth-order valence-electron chi connectivity index (χ4n) is 2.18. The first kappa shape index (κ1) is 16.3. The van der Waals surface area contributed by atoms with E-state index in [-0.39, 0.29) is 11.3 Å². The molecule has 0 aliphatic heterocycles. The van der Waals surface area contributed by atoms with E-state index in [4.69, 9.17) is 11.6 Å². The van der Waals surface area contributed by atoms with Gasteiger partial charge >= 0.3 is 6.18 Å². The van der Waals surface area contributed by atoms with Crippen molar-refractivity contribution >= 4 is 28.8 Å². The molecule has 5 nitrogen and oxygen atoms in total. The molecule has 0 aliphatic rings. The van der Waals surface area contributed by atoms with E-state index in [2.05, 4.69) is 15.5 Å². The first-order valence-electron chi connectivity index (χ1n) is 6.75. The number of benzene rings is 1. The molecule has 0 saturated heterocycles. The van der Waals surface area contributed by atoms with Crippen molar-refractivity contribution in [1.82, 2.24) is 14.6 Å². The minimum atomic E-state index is -4.60. The highest BCUT2D eigenvalue weighted by atomic mass is 35.5. The van der Waals surface area contributed by atoms with E-state index >= 15 is 0 Å². The van der Waals surface area contributed by atoms with Gasteiger partial charge in [0.05, 0.1) is 10.6 Å². The Labute approximate surface area is 139 Å². The number of rotatable bonds is 2. The molecule has 9 heteroatoms. The van der Waals surface area contributed by atoms with E-state index in [9.17, 15) is 18.0 Å². The lowest BCUT2D eigenvalue weighted by atomic mass is 10.1. The molecular weight excluding hydrogens is 345 g/mol. The van der Waals surface area contributed by atoms with Crippen LogP contribution in [0.1, 0.15) is 21.7 Å². The van der Waals surface area contributed by atoms with Crippen LogP contribution in [0.4, 0.5) is 18.9 Å². The van der Waals surface area contributed by atoms with Crippen LogP contribution < -0.4 is 5.32 Å². The predicted molar refractivity (Wildman–Crippen MR) is 82.1 cm³/mol. The molecule has 0 radical (unpaired) electrons. The van der Waals surface area contributed by atoms with Crippen molar-refractivity contribution in [3.63, 3.8) is 0 Å². The summed E-state index contributed by atoms with van der Waals surface area (Å²) in [6, 6.07) is 6.20. The largest absolute Gasteiger partial charge is 0.417 e. The number of hydrogen-bond donors (Lipinski definition) is 1. The number of hydrogen-bond acceptors (Lipinski definition) is 3. The minimum Gasteiger partial charge on any atom is -0.322 e. The van der Waals surface area contributed by atoms with Gasteiger partial charge in [-0.15, -0.1) is 10.2 Å². The molecule has 0 bridgehead atoms. The van der Waals surface area contributed by atoms with Crippen molar-refractivity contribution < 1.29 is 18.0 Å². The van der Waals surface area contributed by atoms with Crippen molar-refractivity contribution in [2.24, 2.45) is 0 Å². The zero-order valence-electron chi connectivity index (χ0n) is 12.2. The van der Waals surface area contributed by atoms with Gasteiger partial charge in [0.25, 0.3) is 5.91 Å². The van der Waals surface area contributed by atoms with Gasteiger partial charge in [0.15, 0.2) is 5.65 Å². The Morgan fingerprint density at radius 1 is 1.21 bits per heavy atom. The highest BCUT2D eigenvalue weighted by molar-refractivity contribution is 6.31. The molecule has 1 amide bonds. The first-order valence-corrected chi connectivity index (χ1v) is 7.13. The van der Waals surface area contributed by atoms with Crippen LogP contribution in [-0.2, 0) is 6.18 Å². The van der Waals surface area contributed by atoms with Crippen LogP contribution in [0, 0.1) is 6.92 Å². The predicted octanol–water partition coefficient (Wildman–Crippen LogP) is 3.96. The van der Waals surface area contributed by atoms with Crippen LogP contribution in [-0.4, -0.2) is 20.5 Å². The molecular formula is C15H10ClF3N4O. The number of aromatic nitrogens is 3. The fraction of sp³-hybridized carbons (Fsp3) is 0.133. The molecule has 0 spiro atoms. The number of nitrogens with one attached hydrogen (secondary N) is 1. The molecule has 0 saturated carbocycles. The Bertz CT molecular complexity index is 936. The third-order valence-electron chi connectivity index (χ3n) is 3.37. The lowest BCUT2D eigenvalue weighted by Gasteiger charge is -2.12. The number of anilines is 1. The number of nitrogens with zero attached hydrogens (tertiary/aromatic N) is 3. The third kappa shape index (κ3) is 3.05. The van der Waals surface area contributed by atoms with E-state index < -0.39 is 22.7 Å². The van der Waals surface area contributed by atoms with E-state index in [0.717, 1.165) is 12.1 Å². The van der Waals surface area contributed by atoms with Crippen LogP contribution in [0.2, 0.25) is 5.02 Å². The van der Waals surface area contributed by atoms with Gasteiger partial charge < -0.3 is 5.32 Å². The molecule has 2 heterocycles. The number of halogens is 4. The Morgan fingerprint density at radius 3 is 2.67 bits per heavy atom. The number of pyridine rings is 1. The Hall–Kier alpha value is -2.61. The van der Waals surface area contributed by atoms with Crippen molar-refractivity contribution in [3.8, 4) is 0 Å². The number of carbonyl (C=O) groups is 1. The molecule has 0 fully saturated rings. The van der Waals surface area contributed by atoms with Gasteiger partial charge in [0.1, 0.15) is 5.82 Å². The summed E-state index contributed by atoms with van der Waals surface area (Å²) in [4.78, 5) is 12.2. The number of aryl methyl sites for hydroxylation is 1. The number of alkyl halides is 3. The average molecular weight is 355 g/mol. The maximum absolute atomic E-state index is 12.9. The first-order chi connectivity index (χ1) is 11.3. The quantitative estimate of drug-likeness (QED) is 0.757. The molecule has 124 valence electrons. The molecule has 2 aromatic heterocycles. The maximum Gasteiger partial charge on any atom is 0.417 e. The second-order valence-electron chi connectivity index (χ2n) is 5.04. The van der Waals surface area contributed by atoms with E-state index in [0.29, 0.717) is 11.5 Å². The van der Waals surface area contributed by atoms with Gasteiger partial charge in [0.2, 0.25) is 0 Å². The van der Waals surface area contributed by atoms with E-state index in [1.54, 1.807) is 17.5 Å². The highest BCUT2D eigenvalue weighted by Gasteiger charge is 2.33. The summed E-state index contributed by atoms with van der Waals surface area (Å²) in [6.45, 7) is 1.76. The van der Waals surface area contributed by atoms with Crippen molar-refractivity contribution in [1.29, 1.82) is 0 Å². The monoisotopic (exact) mass is 354 g/mol. The van der Waals surface area contributed by atoms with E-state index in [1.165, 1.54) is 18.2 Å². The molecule has 0 aliphatic carbocycles. The van der Waals surface area contributed by atoms with Crippen LogP contribution in [0.5, 0.6) is 0 Å². The topological polar surface area (TPSA) is 59.3 Å². The lowest BCUT2D eigenvalue weighted by Crippen LogP contribution is -2.14. The van der Waals surface area contributed by atoms with Gasteiger partial charge in [-0.1, -0.05) is 11.6 Å². The lowest BCUT2D eigenvalue weighted by molar-refractivity contribution is -0.137. The molecule has 0 atom stereocenters. The fourth-order valence-corrected chi connectivity index (χ4v) is 2.40. The summed E-state index contributed by atoms with van der Waals surface area (Å²) in [5.74, 6) is 0.0954. The SMILES string of the molecule is Cc1nnc2cc(C(=O)Nc3ccc(Cl)c(C(F)(F)F)c3)ccn12. The molecule has 1 N–H and O–H groups in total. The third-order valence-corrected chi connectivity index (χ3v) is 3.70. The highest BCUT2D eigenvalue weighted by Crippen LogP contribution is 2.36. The van der Waals surface area contributed by atoms with Crippen molar-refractivity contribution in [2.75, 3.05) is 5.32 Å². The number of fused-ring (bicyclic) bond motifs is 1. The summed E-state index contributed by atoms with van der Waals surface area (Å²) >= 11 is 5.55. The average Bonchev–Trinajstić information content (AvgIpc) is 2.89. The van der Waals surface area contributed by atoms with Crippen LogP contribution in [0.3, 0.4) is 0 Å². The van der Waals surface area contributed by atoms with Gasteiger partial charge in [-0.2, -0.15) is 13.2 Å². The van der Waals surface area contributed by atoms with Crippen molar-refractivity contribution in [3.05, 3.63) is 58.5 Å².